The van der Waals surface area contributed by atoms with E-state index in [-0.39, 0.29) is 18.1 Å². The van der Waals surface area contributed by atoms with Crippen LogP contribution < -0.4 is 0 Å². The van der Waals surface area contributed by atoms with Crippen molar-refractivity contribution in [2.75, 3.05) is 13.2 Å². The quantitative estimate of drug-likeness (QED) is 0.613. The molecular weight excluding hydrogens is 346 g/mol. The van der Waals surface area contributed by atoms with Crippen molar-refractivity contribution < 1.29 is 24.2 Å². The van der Waals surface area contributed by atoms with E-state index in [9.17, 15) is 14.7 Å². The number of phenolic OH excluding ortho intramolecular Hbond substituents is 1. The third kappa shape index (κ3) is 5.37. The molecule has 150 valence electrons. The van der Waals surface area contributed by atoms with E-state index in [1.54, 1.807) is 17.0 Å². The van der Waals surface area contributed by atoms with Gasteiger partial charge in [0.2, 0.25) is 0 Å². The Labute approximate surface area is 161 Å². The van der Waals surface area contributed by atoms with E-state index in [2.05, 4.69) is 0 Å². The number of unbranched alkanes of at least 4 members (excludes halogenated alkanes) is 1. The van der Waals surface area contributed by atoms with Gasteiger partial charge in [-0.25, -0.2) is 4.79 Å². The van der Waals surface area contributed by atoms with Gasteiger partial charge in [0.15, 0.2) is 0 Å². The summed E-state index contributed by atoms with van der Waals surface area (Å²) in [5.74, 6) is -0.107. The Hall–Kier alpha value is -2.24. The van der Waals surface area contributed by atoms with Gasteiger partial charge in [0.1, 0.15) is 11.4 Å². The number of hydrogen-bond acceptors (Lipinski definition) is 5. The average Bonchev–Trinajstić information content (AvgIpc) is 2.57. The SMILES string of the molecule is CCCCOC(=O)CC1c2ccc(O)c(C)c2CCN1C(=O)OC(C)(C)C. The summed E-state index contributed by atoms with van der Waals surface area (Å²) in [4.78, 5) is 26.7. The highest BCUT2D eigenvalue weighted by atomic mass is 16.6. The molecule has 0 aliphatic carbocycles. The zero-order valence-electron chi connectivity index (χ0n) is 17.0. The maximum atomic E-state index is 12.7. The van der Waals surface area contributed by atoms with E-state index in [1.807, 2.05) is 34.6 Å². The van der Waals surface area contributed by atoms with Crippen molar-refractivity contribution >= 4 is 12.1 Å². The standard InChI is InChI=1S/C21H31NO5/c1-6-7-12-26-19(24)13-17-16-8-9-18(23)14(2)15(16)10-11-22(17)20(25)27-21(3,4)5/h8-9,17,23H,6-7,10-13H2,1-5H3. The first kappa shape index (κ1) is 21.1. The average molecular weight is 377 g/mol. The number of benzene rings is 1. The number of hydrogen-bond donors (Lipinski definition) is 1. The molecule has 0 bridgehead atoms. The lowest BCUT2D eigenvalue weighted by molar-refractivity contribution is -0.145. The first-order valence-corrected chi connectivity index (χ1v) is 9.60. The Morgan fingerprint density at radius 2 is 2.00 bits per heavy atom. The smallest absolute Gasteiger partial charge is 0.410 e. The summed E-state index contributed by atoms with van der Waals surface area (Å²) in [5, 5.41) is 10.0. The van der Waals surface area contributed by atoms with Gasteiger partial charge in [-0.1, -0.05) is 19.4 Å². The monoisotopic (exact) mass is 377 g/mol. The van der Waals surface area contributed by atoms with Crippen molar-refractivity contribution in [3.05, 3.63) is 28.8 Å². The normalized spacial score (nSPS) is 16.6. The number of amides is 1. The Morgan fingerprint density at radius 1 is 1.30 bits per heavy atom. The molecule has 0 aromatic heterocycles. The van der Waals surface area contributed by atoms with Crippen molar-refractivity contribution in [2.45, 2.75) is 71.9 Å². The van der Waals surface area contributed by atoms with E-state index < -0.39 is 17.7 Å². The minimum Gasteiger partial charge on any atom is -0.508 e. The van der Waals surface area contributed by atoms with Crippen LogP contribution in [0.5, 0.6) is 5.75 Å². The van der Waals surface area contributed by atoms with Gasteiger partial charge in [-0.05, 0) is 63.3 Å². The highest BCUT2D eigenvalue weighted by Crippen LogP contribution is 2.37. The molecule has 1 amide bonds. The fourth-order valence-corrected chi connectivity index (χ4v) is 3.27. The zero-order chi connectivity index (χ0) is 20.2. The van der Waals surface area contributed by atoms with E-state index in [4.69, 9.17) is 9.47 Å². The van der Waals surface area contributed by atoms with Gasteiger partial charge >= 0.3 is 12.1 Å². The summed E-state index contributed by atoms with van der Waals surface area (Å²) in [6.07, 6.45) is 2.00. The molecule has 6 nitrogen and oxygen atoms in total. The molecule has 1 unspecified atom stereocenters. The maximum absolute atomic E-state index is 12.7. The third-order valence-corrected chi connectivity index (χ3v) is 4.69. The van der Waals surface area contributed by atoms with Crippen LogP contribution >= 0.6 is 0 Å². The van der Waals surface area contributed by atoms with Crippen LogP contribution in [-0.2, 0) is 20.7 Å². The molecule has 1 aromatic carbocycles. The lowest BCUT2D eigenvalue weighted by Gasteiger charge is -2.38. The molecule has 1 atom stereocenters. The van der Waals surface area contributed by atoms with Crippen LogP contribution in [0.15, 0.2) is 12.1 Å². The Kier molecular flexibility index (Phi) is 6.73. The second-order valence-corrected chi connectivity index (χ2v) is 8.00. The summed E-state index contributed by atoms with van der Waals surface area (Å²) < 4.78 is 10.9. The van der Waals surface area contributed by atoms with Gasteiger partial charge < -0.3 is 19.5 Å². The Balaban J connectivity index is 2.29. The number of carbonyl (C=O) groups excluding carboxylic acids is 2. The summed E-state index contributed by atoms with van der Waals surface area (Å²) in [6.45, 7) is 10.2. The number of rotatable bonds is 5. The number of esters is 1. The molecule has 0 spiro atoms. The number of phenols is 1. The predicted molar refractivity (Wildman–Crippen MR) is 103 cm³/mol. The summed E-state index contributed by atoms with van der Waals surface area (Å²) >= 11 is 0. The van der Waals surface area contributed by atoms with E-state index >= 15 is 0 Å². The molecule has 1 N–H and O–H groups in total. The van der Waals surface area contributed by atoms with Crippen LogP contribution in [0.4, 0.5) is 4.79 Å². The van der Waals surface area contributed by atoms with Crippen molar-refractivity contribution in [3.8, 4) is 5.75 Å². The molecule has 27 heavy (non-hydrogen) atoms. The number of nitrogens with zero attached hydrogens (tertiary/aromatic N) is 1. The van der Waals surface area contributed by atoms with Crippen LogP contribution in [0.3, 0.4) is 0 Å². The molecule has 1 aromatic rings. The van der Waals surface area contributed by atoms with Gasteiger partial charge in [-0.2, -0.15) is 0 Å². The summed E-state index contributed by atoms with van der Waals surface area (Å²) in [6, 6.07) is 2.94. The lowest BCUT2D eigenvalue weighted by Crippen LogP contribution is -2.44. The number of aromatic hydroxyl groups is 1. The first-order valence-electron chi connectivity index (χ1n) is 9.60. The minimum absolute atomic E-state index is 0.0696. The molecule has 1 aliphatic rings. The highest BCUT2D eigenvalue weighted by molar-refractivity contribution is 5.74. The Morgan fingerprint density at radius 3 is 2.63 bits per heavy atom. The van der Waals surface area contributed by atoms with Crippen LogP contribution in [0.25, 0.3) is 0 Å². The van der Waals surface area contributed by atoms with E-state index in [0.717, 1.165) is 29.5 Å². The second-order valence-electron chi connectivity index (χ2n) is 8.00. The van der Waals surface area contributed by atoms with Gasteiger partial charge in [-0.3, -0.25) is 4.79 Å². The molecule has 2 rings (SSSR count). The van der Waals surface area contributed by atoms with Gasteiger partial charge in [0.25, 0.3) is 0 Å². The minimum atomic E-state index is -0.617. The largest absolute Gasteiger partial charge is 0.508 e. The topological polar surface area (TPSA) is 76.1 Å². The van der Waals surface area contributed by atoms with E-state index in [1.165, 1.54) is 0 Å². The van der Waals surface area contributed by atoms with Crippen LogP contribution in [0.1, 0.15) is 69.7 Å². The summed E-state index contributed by atoms with van der Waals surface area (Å²) in [7, 11) is 0. The van der Waals surface area contributed by atoms with Gasteiger partial charge in [0, 0.05) is 6.54 Å². The highest BCUT2D eigenvalue weighted by Gasteiger charge is 2.36. The first-order chi connectivity index (χ1) is 12.6. The molecule has 1 aliphatic heterocycles. The van der Waals surface area contributed by atoms with Crippen molar-refractivity contribution in [2.24, 2.45) is 0 Å². The molecule has 0 saturated heterocycles. The second kappa shape index (κ2) is 8.63. The lowest BCUT2D eigenvalue weighted by atomic mass is 9.87. The maximum Gasteiger partial charge on any atom is 0.410 e. The number of ether oxygens (including phenoxy) is 2. The van der Waals surface area contributed by atoms with Crippen LogP contribution in [0.2, 0.25) is 0 Å². The molecule has 0 radical (unpaired) electrons. The summed E-state index contributed by atoms with van der Waals surface area (Å²) in [5.41, 5.74) is 2.03. The predicted octanol–water partition coefficient (Wildman–Crippen LogP) is 4.27. The number of carbonyl (C=O) groups is 2. The van der Waals surface area contributed by atoms with Crippen LogP contribution in [-0.4, -0.2) is 40.8 Å². The zero-order valence-corrected chi connectivity index (χ0v) is 17.0. The fraction of sp³-hybridized carbons (Fsp3) is 0.619. The van der Waals surface area contributed by atoms with Gasteiger partial charge in [0.05, 0.1) is 19.1 Å². The molecule has 1 heterocycles. The van der Waals surface area contributed by atoms with Crippen LogP contribution in [0, 0.1) is 6.92 Å². The van der Waals surface area contributed by atoms with Crippen molar-refractivity contribution in [3.63, 3.8) is 0 Å². The number of fused-ring (bicyclic) bond motifs is 1. The van der Waals surface area contributed by atoms with Crippen molar-refractivity contribution in [1.29, 1.82) is 0 Å². The van der Waals surface area contributed by atoms with E-state index in [0.29, 0.717) is 19.6 Å². The molecule has 0 fully saturated rings. The molecule has 0 saturated carbocycles. The molecule has 6 heteroatoms. The van der Waals surface area contributed by atoms with Gasteiger partial charge in [-0.15, -0.1) is 0 Å². The fourth-order valence-electron chi connectivity index (χ4n) is 3.27. The van der Waals surface area contributed by atoms with Crippen molar-refractivity contribution in [1.82, 2.24) is 4.90 Å². The molecular formula is C21H31NO5. The third-order valence-electron chi connectivity index (χ3n) is 4.69. The Bertz CT molecular complexity index is 693.